The van der Waals surface area contributed by atoms with Crippen molar-refractivity contribution >= 4 is 11.6 Å². The predicted octanol–water partition coefficient (Wildman–Crippen LogP) is 2.93. The molecule has 2 aromatic rings. The molecule has 22 heavy (non-hydrogen) atoms. The van der Waals surface area contributed by atoms with Crippen molar-refractivity contribution in [3.8, 4) is 0 Å². The first kappa shape index (κ1) is 16.1. The Balaban J connectivity index is 2.42. The third-order valence-electron chi connectivity index (χ3n) is 4.06. The molecule has 1 amide bonds. The van der Waals surface area contributed by atoms with E-state index in [2.05, 4.69) is 41.2 Å². The van der Waals surface area contributed by atoms with E-state index in [-0.39, 0.29) is 11.8 Å². The lowest BCUT2D eigenvalue weighted by Gasteiger charge is -2.22. The van der Waals surface area contributed by atoms with Crippen LogP contribution in [0.15, 0.2) is 18.5 Å². The number of nitrogens with zero attached hydrogens (tertiary/aromatic N) is 4. The van der Waals surface area contributed by atoms with E-state index < -0.39 is 0 Å². The monoisotopic (exact) mass is 301 g/mol. The van der Waals surface area contributed by atoms with Crippen LogP contribution in [0.5, 0.6) is 0 Å². The van der Waals surface area contributed by atoms with Gasteiger partial charge in [0.1, 0.15) is 0 Å². The van der Waals surface area contributed by atoms with Crippen molar-refractivity contribution < 1.29 is 4.79 Å². The number of nitrogens with one attached hydrogen (secondary N) is 1. The van der Waals surface area contributed by atoms with Gasteiger partial charge in [-0.05, 0) is 25.8 Å². The van der Waals surface area contributed by atoms with Gasteiger partial charge in [0.15, 0.2) is 0 Å². The lowest BCUT2D eigenvalue weighted by molar-refractivity contribution is 0.0986. The summed E-state index contributed by atoms with van der Waals surface area (Å²) in [7, 11) is 0. The highest BCUT2D eigenvalue weighted by molar-refractivity contribution is 6.07. The van der Waals surface area contributed by atoms with Gasteiger partial charge in [-0.1, -0.05) is 20.8 Å². The van der Waals surface area contributed by atoms with Gasteiger partial charge in [-0.3, -0.25) is 9.89 Å². The SMILES string of the molecule is CCN(C(=O)c1c(C(C)C(C)C)n[nH]c1C)c1ccnnc1. The molecule has 1 unspecified atom stereocenters. The minimum absolute atomic E-state index is 0.0516. The van der Waals surface area contributed by atoms with Crippen LogP contribution in [0.25, 0.3) is 0 Å². The maximum absolute atomic E-state index is 13.0. The summed E-state index contributed by atoms with van der Waals surface area (Å²) >= 11 is 0. The Labute approximate surface area is 130 Å². The molecule has 2 heterocycles. The maximum atomic E-state index is 13.0. The number of hydrogen-bond acceptors (Lipinski definition) is 4. The zero-order valence-electron chi connectivity index (χ0n) is 13.8. The molecule has 0 bridgehead atoms. The average molecular weight is 301 g/mol. The van der Waals surface area contributed by atoms with Gasteiger partial charge < -0.3 is 4.90 Å². The first-order valence-electron chi connectivity index (χ1n) is 7.60. The van der Waals surface area contributed by atoms with E-state index in [0.29, 0.717) is 18.0 Å². The van der Waals surface area contributed by atoms with Crippen molar-refractivity contribution in [1.29, 1.82) is 0 Å². The molecule has 2 aromatic heterocycles. The third kappa shape index (κ3) is 3.00. The van der Waals surface area contributed by atoms with Gasteiger partial charge in [-0.15, -0.1) is 0 Å². The van der Waals surface area contributed by atoms with Gasteiger partial charge in [0, 0.05) is 18.2 Å². The third-order valence-corrected chi connectivity index (χ3v) is 4.06. The fourth-order valence-electron chi connectivity index (χ4n) is 2.38. The van der Waals surface area contributed by atoms with Crippen LogP contribution >= 0.6 is 0 Å². The number of aromatic nitrogens is 4. The molecule has 0 fully saturated rings. The Bertz CT molecular complexity index is 635. The first-order chi connectivity index (χ1) is 10.5. The average Bonchev–Trinajstić information content (AvgIpc) is 2.89. The Hall–Kier alpha value is -2.24. The van der Waals surface area contributed by atoms with Crippen LogP contribution in [0.4, 0.5) is 5.69 Å². The largest absolute Gasteiger partial charge is 0.307 e. The van der Waals surface area contributed by atoms with Crippen LogP contribution < -0.4 is 4.90 Å². The van der Waals surface area contributed by atoms with Gasteiger partial charge in [0.2, 0.25) is 0 Å². The van der Waals surface area contributed by atoms with Crippen molar-refractivity contribution in [2.45, 2.75) is 40.5 Å². The van der Waals surface area contributed by atoms with Gasteiger partial charge in [-0.2, -0.15) is 15.3 Å². The predicted molar refractivity (Wildman–Crippen MR) is 86.0 cm³/mol. The molecule has 6 heteroatoms. The Kier molecular flexibility index (Phi) is 4.90. The number of hydrogen-bond donors (Lipinski definition) is 1. The molecule has 0 saturated heterocycles. The summed E-state index contributed by atoms with van der Waals surface area (Å²) < 4.78 is 0. The van der Waals surface area contributed by atoms with Crippen LogP contribution in [0.1, 0.15) is 55.4 Å². The van der Waals surface area contributed by atoms with Crippen LogP contribution in [0.2, 0.25) is 0 Å². The van der Waals surface area contributed by atoms with E-state index in [1.165, 1.54) is 0 Å². The molecular weight excluding hydrogens is 278 g/mol. The van der Waals surface area contributed by atoms with E-state index in [9.17, 15) is 4.79 Å². The molecule has 0 aromatic carbocycles. The molecule has 1 atom stereocenters. The molecular formula is C16H23N5O. The van der Waals surface area contributed by atoms with Crippen LogP contribution in [-0.2, 0) is 0 Å². The van der Waals surface area contributed by atoms with E-state index in [0.717, 1.165) is 17.1 Å². The molecule has 0 aliphatic heterocycles. The number of amides is 1. The van der Waals surface area contributed by atoms with E-state index in [1.807, 2.05) is 13.8 Å². The molecule has 0 saturated carbocycles. The lowest BCUT2D eigenvalue weighted by Crippen LogP contribution is -2.32. The number of rotatable bonds is 5. The quantitative estimate of drug-likeness (QED) is 0.921. The topological polar surface area (TPSA) is 74.8 Å². The highest BCUT2D eigenvalue weighted by Crippen LogP contribution is 2.28. The first-order valence-corrected chi connectivity index (χ1v) is 7.60. The summed E-state index contributed by atoms with van der Waals surface area (Å²) in [6, 6.07) is 1.79. The number of aromatic amines is 1. The number of H-pyrrole nitrogens is 1. The van der Waals surface area contributed by atoms with Crippen LogP contribution in [0.3, 0.4) is 0 Å². The zero-order chi connectivity index (χ0) is 16.3. The smallest absolute Gasteiger partial charge is 0.262 e. The summed E-state index contributed by atoms with van der Waals surface area (Å²) in [5, 5.41) is 14.9. The van der Waals surface area contributed by atoms with Crippen LogP contribution in [-0.4, -0.2) is 32.8 Å². The molecule has 0 aliphatic carbocycles. The minimum atomic E-state index is -0.0516. The summed E-state index contributed by atoms with van der Waals surface area (Å²) in [6.07, 6.45) is 3.19. The Morgan fingerprint density at radius 3 is 2.59 bits per heavy atom. The second kappa shape index (κ2) is 6.68. The molecule has 0 radical (unpaired) electrons. The summed E-state index contributed by atoms with van der Waals surface area (Å²) in [4.78, 5) is 14.7. The summed E-state index contributed by atoms with van der Waals surface area (Å²) in [5.74, 6) is 0.564. The van der Waals surface area contributed by atoms with Crippen molar-refractivity contribution in [2.24, 2.45) is 5.92 Å². The second-order valence-corrected chi connectivity index (χ2v) is 5.79. The highest BCUT2D eigenvalue weighted by atomic mass is 16.2. The number of anilines is 1. The van der Waals surface area contributed by atoms with E-state index in [1.54, 1.807) is 23.4 Å². The molecule has 2 rings (SSSR count). The van der Waals surface area contributed by atoms with Crippen molar-refractivity contribution in [1.82, 2.24) is 20.4 Å². The summed E-state index contributed by atoms with van der Waals surface area (Å²) in [6.45, 7) is 10.8. The standard InChI is InChI=1S/C16H23N5O/c1-6-21(13-7-8-17-18-9-13)16(22)14-12(5)19-20-15(14)11(4)10(2)3/h7-11H,6H2,1-5H3,(H,19,20). The molecule has 6 nitrogen and oxygen atoms in total. The van der Waals surface area contributed by atoms with Crippen LogP contribution in [0, 0.1) is 12.8 Å². The van der Waals surface area contributed by atoms with Gasteiger partial charge >= 0.3 is 0 Å². The Morgan fingerprint density at radius 1 is 1.32 bits per heavy atom. The molecule has 118 valence electrons. The molecule has 0 aliphatic rings. The van der Waals surface area contributed by atoms with Crippen molar-refractivity contribution in [3.63, 3.8) is 0 Å². The minimum Gasteiger partial charge on any atom is -0.307 e. The fraction of sp³-hybridized carbons (Fsp3) is 0.500. The number of carbonyl (C=O) groups excluding carboxylic acids is 1. The Morgan fingerprint density at radius 2 is 2.05 bits per heavy atom. The fourth-order valence-corrected chi connectivity index (χ4v) is 2.38. The van der Waals surface area contributed by atoms with E-state index in [4.69, 9.17) is 0 Å². The van der Waals surface area contributed by atoms with E-state index >= 15 is 0 Å². The number of carbonyl (C=O) groups is 1. The summed E-state index contributed by atoms with van der Waals surface area (Å²) in [5.41, 5.74) is 3.04. The maximum Gasteiger partial charge on any atom is 0.262 e. The highest BCUT2D eigenvalue weighted by Gasteiger charge is 2.27. The van der Waals surface area contributed by atoms with Crippen molar-refractivity contribution in [3.05, 3.63) is 35.4 Å². The number of aryl methyl sites for hydroxylation is 1. The normalized spacial score (nSPS) is 12.5. The van der Waals surface area contributed by atoms with Gasteiger partial charge in [0.25, 0.3) is 5.91 Å². The lowest BCUT2D eigenvalue weighted by atomic mass is 9.91. The zero-order valence-corrected chi connectivity index (χ0v) is 13.8. The second-order valence-electron chi connectivity index (χ2n) is 5.79. The molecule has 1 N–H and O–H groups in total. The molecule has 0 spiro atoms. The van der Waals surface area contributed by atoms with Gasteiger partial charge in [0.05, 0.1) is 29.3 Å². The van der Waals surface area contributed by atoms with Crippen molar-refractivity contribution in [2.75, 3.05) is 11.4 Å². The van der Waals surface area contributed by atoms with Gasteiger partial charge in [-0.25, -0.2) is 0 Å².